The van der Waals surface area contributed by atoms with Gasteiger partial charge in [0, 0.05) is 16.8 Å². The van der Waals surface area contributed by atoms with Crippen LogP contribution in [0.25, 0.3) is 43.7 Å². The smallest absolute Gasteiger partial charge is 0.198 e. The largest absolute Gasteiger partial charge is 0.507 e. The predicted molar refractivity (Wildman–Crippen MR) is 102 cm³/mol. The van der Waals surface area contributed by atoms with Crippen LogP contribution in [-0.4, -0.2) is 10.1 Å². The van der Waals surface area contributed by atoms with Gasteiger partial charge in [-0.1, -0.05) is 30.3 Å². The van der Waals surface area contributed by atoms with Crippen LogP contribution in [-0.2, 0) is 0 Å². The molecule has 0 amide bonds. The summed E-state index contributed by atoms with van der Waals surface area (Å²) in [6, 6.07) is 13.6. The zero-order chi connectivity index (χ0) is 18.0. The van der Waals surface area contributed by atoms with Gasteiger partial charge in [-0.15, -0.1) is 0 Å². The summed E-state index contributed by atoms with van der Waals surface area (Å²) < 4.78 is 5.86. The molecule has 0 bridgehead atoms. The molecule has 1 heterocycles. The predicted octanol–water partition coefficient (Wildman–Crippen LogP) is 3.95. The molecule has 0 atom stereocenters. The second-order valence-corrected chi connectivity index (χ2v) is 6.45. The number of aryl methyl sites for hydroxylation is 1. The number of aromatic amines is 1. The molecule has 0 saturated heterocycles. The molecule has 5 rings (SSSR count). The van der Waals surface area contributed by atoms with Crippen LogP contribution in [0.15, 0.2) is 62.5 Å². The van der Waals surface area contributed by atoms with Crippen molar-refractivity contribution < 1.29 is 9.52 Å². The summed E-state index contributed by atoms with van der Waals surface area (Å²) in [5.74, 6) is -0.260. The Morgan fingerprint density at radius 3 is 2.31 bits per heavy atom. The van der Waals surface area contributed by atoms with Gasteiger partial charge in [-0.05, 0) is 24.6 Å². The Bertz CT molecular complexity index is 1490. The maximum Gasteiger partial charge on any atom is 0.198 e. The standard InChI is InChI=1S/C21H13NO4/c1-10-6-7-15-13(8-10)22-19-16(26-15)9-14(23)17-18(19)21(25)12-5-3-2-4-11(12)20(17)24/h2-9,22-23H,1H3. The number of phenolic OH excluding ortho intramolecular Hbond substituents is 1. The Kier molecular flexibility index (Phi) is 2.80. The second kappa shape index (κ2) is 4.95. The van der Waals surface area contributed by atoms with E-state index < -0.39 is 0 Å². The zero-order valence-electron chi connectivity index (χ0n) is 13.8. The highest BCUT2D eigenvalue weighted by Gasteiger charge is 2.18. The summed E-state index contributed by atoms with van der Waals surface area (Å²) in [6.45, 7) is 1.95. The first-order chi connectivity index (χ1) is 12.5. The van der Waals surface area contributed by atoms with Crippen LogP contribution >= 0.6 is 0 Å². The van der Waals surface area contributed by atoms with Gasteiger partial charge in [0.05, 0.1) is 21.8 Å². The lowest BCUT2D eigenvalue weighted by Crippen LogP contribution is -2.13. The van der Waals surface area contributed by atoms with Crippen LogP contribution in [0.5, 0.6) is 5.75 Å². The lowest BCUT2D eigenvalue weighted by Gasteiger charge is -2.09. The quantitative estimate of drug-likeness (QED) is 0.329. The van der Waals surface area contributed by atoms with Crippen LogP contribution in [0.1, 0.15) is 5.56 Å². The van der Waals surface area contributed by atoms with E-state index in [1.807, 2.05) is 25.1 Å². The molecule has 5 aromatic rings. The van der Waals surface area contributed by atoms with Crippen molar-refractivity contribution in [2.24, 2.45) is 0 Å². The fraction of sp³-hybridized carbons (Fsp3) is 0.0476. The number of benzene rings is 4. The molecule has 0 aliphatic heterocycles. The molecule has 126 valence electrons. The first kappa shape index (κ1) is 14.7. The molecular formula is C21H13NO4. The molecule has 0 aliphatic rings. The van der Waals surface area contributed by atoms with E-state index in [2.05, 4.69) is 4.98 Å². The molecule has 0 fully saturated rings. The molecule has 0 saturated carbocycles. The third-order valence-electron chi connectivity index (χ3n) is 4.76. The fourth-order valence-corrected chi connectivity index (χ4v) is 3.54. The van der Waals surface area contributed by atoms with E-state index in [1.54, 1.807) is 24.3 Å². The minimum absolute atomic E-state index is 0.0136. The third-order valence-corrected chi connectivity index (χ3v) is 4.76. The molecule has 2 N–H and O–H groups in total. The average molecular weight is 343 g/mol. The zero-order valence-corrected chi connectivity index (χ0v) is 13.8. The van der Waals surface area contributed by atoms with Crippen molar-refractivity contribution in [3.63, 3.8) is 0 Å². The lowest BCUT2D eigenvalue weighted by molar-refractivity contribution is 0.480. The number of H-pyrrole nitrogens is 1. The van der Waals surface area contributed by atoms with Gasteiger partial charge in [0.15, 0.2) is 22.0 Å². The highest BCUT2D eigenvalue weighted by molar-refractivity contribution is 6.12. The minimum Gasteiger partial charge on any atom is -0.507 e. The van der Waals surface area contributed by atoms with Gasteiger partial charge in [-0.2, -0.15) is 0 Å². The highest BCUT2D eigenvalue weighted by atomic mass is 16.3. The lowest BCUT2D eigenvalue weighted by atomic mass is 10.0. The summed E-state index contributed by atoms with van der Waals surface area (Å²) in [5.41, 5.74) is 2.38. The van der Waals surface area contributed by atoms with Gasteiger partial charge >= 0.3 is 0 Å². The van der Waals surface area contributed by atoms with Crippen molar-refractivity contribution >= 4 is 43.7 Å². The number of hydrogen-bond donors (Lipinski definition) is 2. The molecule has 0 spiro atoms. The molecule has 0 radical (unpaired) electrons. The van der Waals surface area contributed by atoms with Crippen molar-refractivity contribution in [2.45, 2.75) is 6.92 Å². The molecule has 0 unspecified atom stereocenters. The van der Waals surface area contributed by atoms with Crippen LogP contribution in [0.3, 0.4) is 0 Å². The van der Waals surface area contributed by atoms with E-state index >= 15 is 0 Å². The monoisotopic (exact) mass is 343 g/mol. The van der Waals surface area contributed by atoms with Crippen LogP contribution in [0.2, 0.25) is 0 Å². The van der Waals surface area contributed by atoms with Crippen LogP contribution < -0.4 is 10.9 Å². The van der Waals surface area contributed by atoms with E-state index in [0.717, 1.165) is 5.56 Å². The van der Waals surface area contributed by atoms with Gasteiger partial charge in [0.25, 0.3) is 0 Å². The summed E-state index contributed by atoms with van der Waals surface area (Å²) >= 11 is 0. The average Bonchev–Trinajstić information content (AvgIpc) is 2.64. The van der Waals surface area contributed by atoms with E-state index in [1.165, 1.54) is 6.07 Å². The second-order valence-electron chi connectivity index (χ2n) is 6.45. The van der Waals surface area contributed by atoms with Gasteiger partial charge in [-0.3, -0.25) is 9.59 Å². The summed E-state index contributed by atoms with van der Waals surface area (Å²) in [5, 5.41) is 11.2. The van der Waals surface area contributed by atoms with Crippen LogP contribution in [0, 0.1) is 6.92 Å². The van der Waals surface area contributed by atoms with Gasteiger partial charge in [-0.25, -0.2) is 0 Å². The Labute approximate surface area is 146 Å². The SMILES string of the molecule is Cc1ccc2oc3cc(O)c4c(=O)c5ccccc5c(=O)c4c3[nH]c2c1. The molecular weight excluding hydrogens is 330 g/mol. The number of fused-ring (bicyclic) bond motifs is 5. The first-order valence-electron chi connectivity index (χ1n) is 8.18. The Morgan fingerprint density at radius 2 is 1.58 bits per heavy atom. The van der Waals surface area contributed by atoms with Gasteiger partial charge < -0.3 is 14.5 Å². The minimum atomic E-state index is -0.368. The van der Waals surface area contributed by atoms with Crippen molar-refractivity contribution in [2.75, 3.05) is 0 Å². The molecule has 0 aliphatic carbocycles. The normalized spacial score (nSPS) is 11.7. The Balaban J connectivity index is 2.14. The summed E-state index contributed by atoms with van der Waals surface area (Å²) in [4.78, 5) is 29.2. The number of hydrogen-bond acceptors (Lipinski definition) is 4. The highest BCUT2D eigenvalue weighted by Crippen LogP contribution is 2.31. The Morgan fingerprint density at radius 1 is 0.885 bits per heavy atom. The van der Waals surface area contributed by atoms with Crippen molar-refractivity contribution in [1.29, 1.82) is 0 Å². The molecule has 4 aromatic carbocycles. The van der Waals surface area contributed by atoms with E-state index in [-0.39, 0.29) is 27.4 Å². The molecule has 1 aromatic heterocycles. The topological polar surface area (TPSA) is 83.3 Å². The summed E-state index contributed by atoms with van der Waals surface area (Å²) in [6.07, 6.45) is 0. The summed E-state index contributed by atoms with van der Waals surface area (Å²) in [7, 11) is 0. The van der Waals surface area contributed by atoms with Gasteiger partial charge in [0.1, 0.15) is 5.75 Å². The van der Waals surface area contributed by atoms with Crippen LogP contribution in [0.4, 0.5) is 0 Å². The van der Waals surface area contributed by atoms with E-state index in [9.17, 15) is 14.7 Å². The Hall–Kier alpha value is -3.60. The van der Waals surface area contributed by atoms with E-state index in [0.29, 0.717) is 33.0 Å². The third kappa shape index (κ3) is 1.85. The first-order valence-corrected chi connectivity index (χ1v) is 8.18. The number of nitrogens with one attached hydrogen (secondary N) is 1. The number of aromatic nitrogens is 1. The molecule has 5 heteroatoms. The van der Waals surface area contributed by atoms with E-state index in [4.69, 9.17) is 4.42 Å². The molecule has 26 heavy (non-hydrogen) atoms. The van der Waals surface area contributed by atoms with Gasteiger partial charge in [0.2, 0.25) is 0 Å². The van der Waals surface area contributed by atoms with Crippen molar-refractivity contribution in [3.8, 4) is 5.75 Å². The number of aromatic hydroxyl groups is 1. The maximum absolute atomic E-state index is 13.1. The van der Waals surface area contributed by atoms with Crippen molar-refractivity contribution in [3.05, 3.63) is 74.5 Å². The number of phenols is 1. The fourth-order valence-electron chi connectivity index (χ4n) is 3.54. The molecule has 5 nitrogen and oxygen atoms in total. The maximum atomic E-state index is 13.1. The van der Waals surface area contributed by atoms with Crippen molar-refractivity contribution in [1.82, 2.24) is 4.98 Å². The number of rotatable bonds is 0.